The number of ether oxygens (including phenoxy) is 3. The third-order valence-corrected chi connectivity index (χ3v) is 12.7. The second-order valence-corrected chi connectivity index (χ2v) is 20.2. The van der Waals surface area contributed by atoms with Crippen LogP contribution in [-0.2, 0) is 28.6 Å². The zero-order chi connectivity index (χ0) is 45.4. The van der Waals surface area contributed by atoms with E-state index in [1.165, 1.54) is 199 Å². The number of rotatable bonds is 50. The van der Waals surface area contributed by atoms with Crippen molar-refractivity contribution in [2.45, 2.75) is 317 Å². The third kappa shape index (κ3) is 49.4. The van der Waals surface area contributed by atoms with Gasteiger partial charge in [-0.1, -0.05) is 272 Å². The Morgan fingerprint density at radius 1 is 0.306 bits per heavy atom. The van der Waals surface area contributed by atoms with Crippen molar-refractivity contribution in [1.29, 1.82) is 0 Å². The van der Waals surface area contributed by atoms with Crippen molar-refractivity contribution in [3.05, 3.63) is 0 Å². The lowest BCUT2D eigenvalue weighted by atomic mass is 10.0. The summed E-state index contributed by atoms with van der Waals surface area (Å²) in [4.78, 5) is 38.0. The lowest BCUT2D eigenvalue weighted by Crippen LogP contribution is -2.30. The van der Waals surface area contributed by atoms with Crippen LogP contribution in [-0.4, -0.2) is 37.2 Å². The Hall–Kier alpha value is -1.59. The number of carbonyl (C=O) groups is 3. The van der Waals surface area contributed by atoms with E-state index in [9.17, 15) is 14.4 Å². The molecule has 0 rings (SSSR count). The molecule has 368 valence electrons. The molecular weight excluding hydrogens is 769 g/mol. The summed E-state index contributed by atoms with van der Waals surface area (Å²) in [5, 5.41) is 0. The van der Waals surface area contributed by atoms with Crippen LogP contribution in [0.1, 0.15) is 311 Å². The maximum atomic E-state index is 12.8. The molecule has 0 aliphatic carbocycles. The molecule has 1 atom stereocenters. The number of hydrogen-bond acceptors (Lipinski definition) is 6. The third-order valence-electron chi connectivity index (χ3n) is 12.7. The highest BCUT2D eigenvalue weighted by molar-refractivity contribution is 5.71. The average molecular weight is 877 g/mol. The van der Waals surface area contributed by atoms with Crippen molar-refractivity contribution in [3.63, 3.8) is 0 Å². The molecule has 0 fully saturated rings. The number of unbranched alkanes of at least 4 members (excludes halogenated alkanes) is 35. The summed E-state index contributed by atoms with van der Waals surface area (Å²) in [6, 6.07) is 0. The fourth-order valence-electron chi connectivity index (χ4n) is 8.52. The van der Waals surface area contributed by atoms with Gasteiger partial charge in [0.1, 0.15) is 13.2 Å². The summed E-state index contributed by atoms with van der Waals surface area (Å²) >= 11 is 0. The Labute approximate surface area is 387 Å². The molecule has 6 nitrogen and oxygen atoms in total. The minimum atomic E-state index is -0.761. The molecule has 0 bridgehead atoms. The monoisotopic (exact) mass is 877 g/mol. The molecule has 0 aromatic heterocycles. The van der Waals surface area contributed by atoms with Gasteiger partial charge in [0, 0.05) is 19.3 Å². The van der Waals surface area contributed by atoms with Gasteiger partial charge in [-0.15, -0.1) is 0 Å². The SMILES string of the molecule is CCCCCCCCCCCCC(=O)OC[C@H](COC(=O)CCCCCCCCCCCCC(C)C)OC(=O)CCCCCCCCCCCCCCCCCCCCC(C)C. The summed E-state index contributed by atoms with van der Waals surface area (Å²) in [6.45, 7) is 11.4. The van der Waals surface area contributed by atoms with E-state index in [0.717, 1.165) is 69.6 Å². The maximum Gasteiger partial charge on any atom is 0.306 e. The van der Waals surface area contributed by atoms with Gasteiger partial charge in [-0.25, -0.2) is 0 Å². The number of esters is 3. The summed E-state index contributed by atoms with van der Waals surface area (Å²) in [7, 11) is 0. The van der Waals surface area contributed by atoms with Crippen molar-refractivity contribution in [2.75, 3.05) is 13.2 Å². The van der Waals surface area contributed by atoms with Gasteiger partial charge in [0.2, 0.25) is 0 Å². The summed E-state index contributed by atoms with van der Waals surface area (Å²) in [5.74, 6) is 0.832. The van der Waals surface area contributed by atoms with E-state index in [2.05, 4.69) is 34.6 Å². The smallest absolute Gasteiger partial charge is 0.306 e. The zero-order valence-corrected chi connectivity index (χ0v) is 42.5. The molecular formula is C56H108O6. The molecule has 0 saturated heterocycles. The van der Waals surface area contributed by atoms with Crippen LogP contribution in [0.3, 0.4) is 0 Å². The van der Waals surface area contributed by atoms with E-state index >= 15 is 0 Å². The zero-order valence-electron chi connectivity index (χ0n) is 42.5. The highest BCUT2D eigenvalue weighted by Crippen LogP contribution is 2.18. The topological polar surface area (TPSA) is 78.9 Å². The van der Waals surface area contributed by atoms with E-state index in [4.69, 9.17) is 14.2 Å². The van der Waals surface area contributed by atoms with Crippen LogP contribution < -0.4 is 0 Å². The first kappa shape index (κ1) is 60.4. The van der Waals surface area contributed by atoms with E-state index in [1.807, 2.05) is 0 Å². The molecule has 0 spiro atoms. The van der Waals surface area contributed by atoms with Gasteiger partial charge >= 0.3 is 17.9 Å². The van der Waals surface area contributed by atoms with Crippen molar-refractivity contribution < 1.29 is 28.6 Å². The molecule has 0 saturated carbocycles. The van der Waals surface area contributed by atoms with Gasteiger partial charge < -0.3 is 14.2 Å². The molecule has 62 heavy (non-hydrogen) atoms. The fourth-order valence-corrected chi connectivity index (χ4v) is 8.52. The Morgan fingerprint density at radius 3 is 0.790 bits per heavy atom. The molecule has 0 unspecified atom stereocenters. The van der Waals surface area contributed by atoms with Gasteiger partial charge in [0.25, 0.3) is 0 Å². The standard InChI is InChI=1S/C56H108O6/c1-6-7-8-9-10-11-26-31-36-41-46-54(57)60-49-53(50-61-55(58)47-42-37-32-27-23-22-25-30-35-40-45-52(4)5)62-56(59)48-43-38-33-28-21-19-17-15-13-12-14-16-18-20-24-29-34-39-44-51(2)3/h51-53H,6-50H2,1-5H3/t53-/m1/s1. The van der Waals surface area contributed by atoms with Crippen LogP contribution in [0, 0.1) is 11.8 Å². The predicted molar refractivity (Wildman–Crippen MR) is 266 cm³/mol. The van der Waals surface area contributed by atoms with Crippen LogP contribution in [0.4, 0.5) is 0 Å². The Morgan fingerprint density at radius 2 is 0.532 bits per heavy atom. The molecule has 0 N–H and O–H groups in total. The molecule has 0 radical (unpaired) electrons. The summed E-state index contributed by atoms with van der Waals surface area (Å²) in [5.41, 5.74) is 0. The van der Waals surface area contributed by atoms with E-state index in [0.29, 0.717) is 19.3 Å². The molecule has 0 aliphatic rings. The Bertz CT molecular complexity index is 947. The maximum absolute atomic E-state index is 12.8. The first-order valence-electron chi connectivity index (χ1n) is 27.7. The molecule has 0 heterocycles. The highest BCUT2D eigenvalue weighted by Gasteiger charge is 2.19. The Balaban J connectivity index is 4.22. The second kappa shape index (κ2) is 48.9. The predicted octanol–water partition coefficient (Wildman–Crippen LogP) is 18.1. The highest BCUT2D eigenvalue weighted by atomic mass is 16.6. The van der Waals surface area contributed by atoms with Gasteiger partial charge in [0.05, 0.1) is 0 Å². The van der Waals surface area contributed by atoms with Gasteiger partial charge in [0.15, 0.2) is 6.10 Å². The number of carbonyl (C=O) groups excluding carboxylic acids is 3. The van der Waals surface area contributed by atoms with Gasteiger partial charge in [-0.2, -0.15) is 0 Å². The van der Waals surface area contributed by atoms with Crippen LogP contribution in [0.5, 0.6) is 0 Å². The first-order chi connectivity index (χ1) is 30.2. The second-order valence-electron chi connectivity index (χ2n) is 20.2. The first-order valence-corrected chi connectivity index (χ1v) is 27.7. The largest absolute Gasteiger partial charge is 0.462 e. The Kier molecular flexibility index (Phi) is 47.6. The molecule has 0 amide bonds. The van der Waals surface area contributed by atoms with Crippen molar-refractivity contribution in [1.82, 2.24) is 0 Å². The lowest BCUT2D eigenvalue weighted by Gasteiger charge is -2.18. The van der Waals surface area contributed by atoms with Crippen LogP contribution in [0.2, 0.25) is 0 Å². The minimum absolute atomic E-state index is 0.0634. The fraction of sp³-hybridized carbons (Fsp3) is 0.946. The van der Waals surface area contributed by atoms with E-state index < -0.39 is 6.10 Å². The average Bonchev–Trinajstić information content (AvgIpc) is 3.24. The van der Waals surface area contributed by atoms with Gasteiger partial charge in [-0.05, 0) is 31.1 Å². The van der Waals surface area contributed by atoms with Gasteiger partial charge in [-0.3, -0.25) is 14.4 Å². The summed E-state index contributed by atoms with van der Waals surface area (Å²) < 4.78 is 16.8. The lowest BCUT2D eigenvalue weighted by molar-refractivity contribution is -0.167. The molecule has 0 aromatic rings. The minimum Gasteiger partial charge on any atom is -0.462 e. The van der Waals surface area contributed by atoms with E-state index in [-0.39, 0.29) is 31.1 Å². The van der Waals surface area contributed by atoms with Crippen molar-refractivity contribution in [3.8, 4) is 0 Å². The quantitative estimate of drug-likeness (QED) is 0.0344. The number of hydrogen-bond donors (Lipinski definition) is 0. The summed E-state index contributed by atoms with van der Waals surface area (Å²) in [6.07, 6.45) is 51.0. The van der Waals surface area contributed by atoms with Crippen LogP contribution in [0.15, 0.2) is 0 Å². The van der Waals surface area contributed by atoms with E-state index in [1.54, 1.807) is 0 Å². The van der Waals surface area contributed by atoms with Crippen molar-refractivity contribution >= 4 is 17.9 Å². The van der Waals surface area contributed by atoms with Crippen molar-refractivity contribution in [2.24, 2.45) is 11.8 Å². The molecule has 0 aromatic carbocycles. The molecule has 0 aliphatic heterocycles. The normalized spacial score (nSPS) is 12.0. The molecule has 6 heteroatoms. The van der Waals surface area contributed by atoms with Crippen LogP contribution >= 0.6 is 0 Å². The van der Waals surface area contributed by atoms with Crippen LogP contribution in [0.25, 0.3) is 0 Å².